The van der Waals surface area contributed by atoms with E-state index in [1.807, 2.05) is 12.1 Å². The van der Waals surface area contributed by atoms with E-state index in [1.54, 1.807) is 37.6 Å². The van der Waals surface area contributed by atoms with Gasteiger partial charge in [0.2, 0.25) is 0 Å². The zero-order valence-electron chi connectivity index (χ0n) is 18.7. The van der Waals surface area contributed by atoms with Gasteiger partial charge < -0.3 is 15.1 Å². The molecule has 2 heterocycles. The summed E-state index contributed by atoms with van der Waals surface area (Å²) in [6.45, 7) is 9.12. The van der Waals surface area contributed by atoms with Crippen molar-refractivity contribution in [1.29, 1.82) is 0 Å². The minimum atomic E-state index is -0.381. The maximum atomic E-state index is 14.0. The van der Waals surface area contributed by atoms with Gasteiger partial charge in [0.1, 0.15) is 11.6 Å². The minimum absolute atomic E-state index is 0.307. The van der Waals surface area contributed by atoms with Crippen molar-refractivity contribution in [1.82, 2.24) is 9.97 Å². The number of anilines is 3. The molecule has 0 radical (unpaired) electrons. The lowest BCUT2D eigenvalue weighted by Crippen LogP contribution is -2.47. The molecule has 1 saturated heterocycles. The molecule has 0 atom stereocenters. The van der Waals surface area contributed by atoms with Crippen molar-refractivity contribution in [2.45, 2.75) is 26.7 Å². The SMILES string of the molecule is Cc1c(F)cccc1C(=O)Nc1ccc(C(C)C)cc1N1CCN(c2cnccn2)CC1. The number of hydrogen-bond donors (Lipinski definition) is 1. The molecule has 0 saturated carbocycles. The summed E-state index contributed by atoms with van der Waals surface area (Å²) in [4.78, 5) is 26.0. The van der Waals surface area contributed by atoms with Crippen LogP contribution < -0.4 is 15.1 Å². The van der Waals surface area contributed by atoms with Crippen molar-refractivity contribution < 1.29 is 9.18 Å². The normalized spacial score (nSPS) is 14.0. The number of nitrogens with zero attached hydrogens (tertiary/aromatic N) is 4. The third kappa shape index (κ3) is 4.56. The van der Waals surface area contributed by atoms with Gasteiger partial charge in [-0.3, -0.25) is 9.78 Å². The van der Waals surface area contributed by atoms with Crippen LogP contribution in [0.5, 0.6) is 0 Å². The second kappa shape index (κ2) is 9.34. The Labute approximate surface area is 188 Å². The van der Waals surface area contributed by atoms with E-state index < -0.39 is 0 Å². The van der Waals surface area contributed by atoms with Gasteiger partial charge in [0, 0.05) is 44.1 Å². The molecule has 6 nitrogen and oxygen atoms in total. The second-order valence-corrected chi connectivity index (χ2v) is 8.34. The van der Waals surface area contributed by atoms with E-state index in [2.05, 4.69) is 45.0 Å². The Morgan fingerprint density at radius 1 is 1.06 bits per heavy atom. The number of hydrogen-bond acceptors (Lipinski definition) is 5. The van der Waals surface area contributed by atoms with Crippen LogP contribution >= 0.6 is 0 Å². The molecule has 0 aliphatic carbocycles. The monoisotopic (exact) mass is 433 g/mol. The van der Waals surface area contributed by atoms with E-state index >= 15 is 0 Å². The Hall–Kier alpha value is -3.48. The van der Waals surface area contributed by atoms with E-state index in [-0.39, 0.29) is 11.7 Å². The van der Waals surface area contributed by atoms with Gasteiger partial charge in [0.25, 0.3) is 5.91 Å². The fraction of sp³-hybridized carbons (Fsp3) is 0.320. The first kappa shape index (κ1) is 21.7. The summed E-state index contributed by atoms with van der Waals surface area (Å²) < 4.78 is 14.0. The van der Waals surface area contributed by atoms with Crippen LogP contribution in [0.2, 0.25) is 0 Å². The fourth-order valence-corrected chi connectivity index (χ4v) is 3.95. The number of rotatable bonds is 5. The van der Waals surface area contributed by atoms with Crippen molar-refractivity contribution in [3.63, 3.8) is 0 Å². The molecule has 2 aromatic carbocycles. The van der Waals surface area contributed by atoms with Crippen LogP contribution in [0.3, 0.4) is 0 Å². The standard InChI is InChI=1S/C25H28FN5O/c1-17(2)19-7-8-22(29-25(32)20-5-4-6-21(26)18(20)3)23(15-19)30-11-13-31(14-12-30)24-16-27-9-10-28-24/h4-10,15-17H,11-14H2,1-3H3,(H,29,32). The van der Waals surface area contributed by atoms with Gasteiger partial charge in [0.05, 0.1) is 17.6 Å². The fourth-order valence-electron chi connectivity index (χ4n) is 3.95. The van der Waals surface area contributed by atoms with Gasteiger partial charge in [-0.05, 0) is 48.2 Å². The Morgan fingerprint density at radius 3 is 2.50 bits per heavy atom. The molecule has 0 bridgehead atoms. The number of nitrogens with one attached hydrogen (secondary N) is 1. The summed E-state index contributed by atoms with van der Waals surface area (Å²) in [5, 5.41) is 3.02. The van der Waals surface area contributed by atoms with Gasteiger partial charge in [-0.1, -0.05) is 26.0 Å². The lowest BCUT2D eigenvalue weighted by Gasteiger charge is -2.37. The number of piperazine rings is 1. The highest BCUT2D eigenvalue weighted by molar-refractivity contribution is 6.07. The first-order valence-electron chi connectivity index (χ1n) is 10.9. The van der Waals surface area contributed by atoms with Crippen molar-refractivity contribution in [2.24, 2.45) is 0 Å². The number of amides is 1. The molecular weight excluding hydrogens is 405 g/mol. The van der Waals surface area contributed by atoms with E-state index in [4.69, 9.17) is 0 Å². The molecule has 1 aliphatic heterocycles. The molecule has 32 heavy (non-hydrogen) atoms. The third-order valence-corrected chi connectivity index (χ3v) is 5.94. The van der Waals surface area contributed by atoms with Gasteiger partial charge in [-0.15, -0.1) is 0 Å². The summed E-state index contributed by atoms with van der Waals surface area (Å²) in [5.41, 5.74) is 3.61. The van der Waals surface area contributed by atoms with Gasteiger partial charge >= 0.3 is 0 Å². The van der Waals surface area contributed by atoms with E-state index in [0.717, 1.165) is 43.4 Å². The molecule has 1 N–H and O–H groups in total. The Kier molecular flexibility index (Phi) is 6.35. The summed E-state index contributed by atoms with van der Waals surface area (Å²) in [6, 6.07) is 10.7. The molecule has 4 rings (SSSR count). The van der Waals surface area contributed by atoms with Crippen molar-refractivity contribution in [3.05, 3.63) is 77.5 Å². The van der Waals surface area contributed by atoms with E-state index in [0.29, 0.717) is 17.0 Å². The van der Waals surface area contributed by atoms with Crippen LogP contribution in [0, 0.1) is 12.7 Å². The third-order valence-electron chi connectivity index (χ3n) is 5.94. The number of carbonyl (C=O) groups is 1. The molecule has 1 fully saturated rings. The van der Waals surface area contributed by atoms with Gasteiger partial charge in [-0.25, -0.2) is 9.37 Å². The predicted molar refractivity (Wildman–Crippen MR) is 126 cm³/mol. The van der Waals surface area contributed by atoms with Crippen molar-refractivity contribution in [3.8, 4) is 0 Å². The Balaban J connectivity index is 1.58. The molecule has 0 spiro atoms. The first-order chi connectivity index (χ1) is 15.4. The highest BCUT2D eigenvalue weighted by Gasteiger charge is 2.22. The molecule has 3 aromatic rings. The largest absolute Gasteiger partial charge is 0.366 e. The van der Waals surface area contributed by atoms with Crippen molar-refractivity contribution >= 4 is 23.1 Å². The number of carbonyl (C=O) groups excluding carboxylic acids is 1. The molecule has 1 aromatic heterocycles. The number of halogens is 1. The molecule has 1 aliphatic rings. The number of aromatic nitrogens is 2. The summed E-state index contributed by atoms with van der Waals surface area (Å²) >= 11 is 0. The smallest absolute Gasteiger partial charge is 0.256 e. The maximum absolute atomic E-state index is 14.0. The quantitative estimate of drug-likeness (QED) is 0.636. The highest BCUT2D eigenvalue weighted by atomic mass is 19.1. The van der Waals surface area contributed by atoms with Crippen molar-refractivity contribution in [2.75, 3.05) is 41.3 Å². The summed E-state index contributed by atoms with van der Waals surface area (Å²) in [7, 11) is 0. The van der Waals surface area contributed by atoms with Crippen LogP contribution in [0.4, 0.5) is 21.6 Å². The topological polar surface area (TPSA) is 61.4 Å². The Bertz CT molecular complexity index is 1090. The lowest BCUT2D eigenvalue weighted by atomic mass is 10.0. The lowest BCUT2D eigenvalue weighted by molar-refractivity contribution is 0.102. The average molecular weight is 434 g/mol. The zero-order chi connectivity index (χ0) is 22.7. The molecule has 166 valence electrons. The number of benzene rings is 2. The molecule has 1 amide bonds. The molecule has 0 unspecified atom stereocenters. The first-order valence-corrected chi connectivity index (χ1v) is 10.9. The van der Waals surface area contributed by atoms with E-state index in [9.17, 15) is 9.18 Å². The van der Waals surface area contributed by atoms with E-state index in [1.165, 1.54) is 11.6 Å². The maximum Gasteiger partial charge on any atom is 0.256 e. The van der Waals surface area contributed by atoms with Crippen LogP contribution in [-0.4, -0.2) is 42.1 Å². The summed E-state index contributed by atoms with van der Waals surface area (Å²) in [6.07, 6.45) is 5.16. The molecule has 7 heteroatoms. The van der Waals surface area contributed by atoms with Crippen LogP contribution in [0.1, 0.15) is 41.3 Å². The average Bonchev–Trinajstić information content (AvgIpc) is 2.81. The van der Waals surface area contributed by atoms with Gasteiger partial charge in [0.15, 0.2) is 0 Å². The van der Waals surface area contributed by atoms with Crippen LogP contribution in [-0.2, 0) is 0 Å². The minimum Gasteiger partial charge on any atom is -0.366 e. The second-order valence-electron chi connectivity index (χ2n) is 8.34. The summed E-state index contributed by atoms with van der Waals surface area (Å²) in [5.74, 6) is 0.551. The van der Waals surface area contributed by atoms with Crippen LogP contribution in [0.25, 0.3) is 0 Å². The van der Waals surface area contributed by atoms with Gasteiger partial charge in [-0.2, -0.15) is 0 Å². The van der Waals surface area contributed by atoms with Crippen LogP contribution in [0.15, 0.2) is 55.0 Å². The predicted octanol–water partition coefficient (Wildman–Crippen LogP) is 4.63. The molecular formula is C25H28FN5O. The highest BCUT2D eigenvalue weighted by Crippen LogP contribution is 2.32. The Morgan fingerprint density at radius 2 is 1.81 bits per heavy atom. The zero-order valence-corrected chi connectivity index (χ0v) is 18.7.